The minimum atomic E-state index is -0.442. The molecule has 0 aromatic heterocycles. The number of carbonyl (C=O) groups is 1. The number of rotatable bonds is 4. The first-order valence-electron chi connectivity index (χ1n) is 4.65. The van der Waals surface area contributed by atoms with E-state index in [1.165, 1.54) is 12.1 Å². The van der Waals surface area contributed by atoms with Crippen molar-refractivity contribution in [2.24, 2.45) is 0 Å². The molecule has 0 heterocycles. The standard InChI is InChI=1S/C11H10ClNO3/c1-2-15-11(14)7-16-9-4-3-8(6-13)10(12)5-9/h3-5H,2,7H2,1H3. The molecule has 5 heteroatoms. The molecule has 1 rings (SSSR count). The molecule has 0 saturated heterocycles. The third-order valence-corrected chi connectivity index (χ3v) is 2.04. The van der Waals surface area contributed by atoms with Crippen LogP contribution in [0.15, 0.2) is 18.2 Å². The van der Waals surface area contributed by atoms with Crippen molar-refractivity contribution in [3.05, 3.63) is 28.8 Å². The van der Waals surface area contributed by atoms with Crippen LogP contribution in [0.1, 0.15) is 12.5 Å². The molecule has 16 heavy (non-hydrogen) atoms. The Morgan fingerprint density at radius 2 is 2.31 bits per heavy atom. The average molecular weight is 240 g/mol. The van der Waals surface area contributed by atoms with Crippen LogP contribution in [0.3, 0.4) is 0 Å². The molecule has 0 atom stereocenters. The van der Waals surface area contributed by atoms with E-state index in [2.05, 4.69) is 4.74 Å². The lowest BCUT2D eigenvalue weighted by Gasteiger charge is -2.06. The van der Waals surface area contributed by atoms with Crippen molar-refractivity contribution in [2.75, 3.05) is 13.2 Å². The van der Waals surface area contributed by atoms with Gasteiger partial charge in [0.1, 0.15) is 11.8 Å². The molecule has 0 unspecified atom stereocenters. The van der Waals surface area contributed by atoms with Gasteiger partial charge in [0.25, 0.3) is 0 Å². The summed E-state index contributed by atoms with van der Waals surface area (Å²) in [6.07, 6.45) is 0. The molecule has 4 nitrogen and oxygen atoms in total. The molecular formula is C11H10ClNO3. The Labute approximate surface area is 98.3 Å². The van der Waals surface area contributed by atoms with E-state index in [1.54, 1.807) is 13.0 Å². The van der Waals surface area contributed by atoms with Crippen LogP contribution in [-0.4, -0.2) is 19.2 Å². The smallest absolute Gasteiger partial charge is 0.344 e. The summed E-state index contributed by atoms with van der Waals surface area (Å²) in [5, 5.41) is 8.94. The zero-order valence-corrected chi connectivity index (χ0v) is 9.45. The number of nitriles is 1. The van der Waals surface area contributed by atoms with Crippen LogP contribution in [0.4, 0.5) is 0 Å². The Morgan fingerprint density at radius 1 is 1.56 bits per heavy atom. The first kappa shape index (κ1) is 12.3. The number of esters is 1. The second kappa shape index (κ2) is 5.99. The monoisotopic (exact) mass is 239 g/mol. The van der Waals surface area contributed by atoms with Gasteiger partial charge in [0, 0.05) is 6.07 Å². The Morgan fingerprint density at radius 3 is 2.88 bits per heavy atom. The first-order valence-corrected chi connectivity index (χ1v) is 5.03. The molecule has 0 spiro atoms. The lowest BCUT2D eigenvalue weighted by molar-refractivity contribution is -0.145. The Balaban J connectivity index is 2.59. The van der Waals surface area contributed by atoms with Crippen molar-refractivity contribution >= 4 is 17.6 Å². The van der Waals surface area contributed by atoms with E-state index in [4.69, 9.17) is 21.6 Å². The largest absolute Gasteiger partial charge is 0.482 e. The van der Waals surface area contributed by atoms with Crippen LogP contribution in [0.2, 0.25) is 5.02 Å². The molecule has 0 fully saturated rings. The summed E-state index contributed by atoms with van der Waals surface area (Å²) in [7, 11) is 0. The fraction of sp³-hybridized carbons (Fsp3) is 0.273. The summed E-state index contributed by atoms with van der Waals surface area (Å²) >= 11 is 5.79. The molecule has 1 aromatic rings. The number of nitrogens with zero attached hydrogens (tertiary/aromatic N) is 1. The van der Waals surface area contributed by atoms with Gasteiger partial charge in [0.15, 0.2) is 6.61 Å². The van der Waals surface area contributed by atoms with Gasteiger partial charge in [-0.1, -0.05) is 11.6 Å². The normalized spacial score (nSPS) is 9.31. The molecule has 0 N–H and O–H groups in total. The van der Waals surface area contributed by atoms with Crippen LogP contribution >= 0.6 is 11.6 Å². The second-order valence-electron chi connectivity index (χ2n) is 2.85. The van der Waals surface area contributed by atoms with E-state index >= 15 is 0 Å². The molecule has 0 aliphatic rings. The first-order chi connectivity index (χ1) is 7.67. The van der Waals surface area contributed by atoms with Gasteiger partial charge in [-0.15, -0.1) is 0 Å². The molecule has 0 bridgehead atoms. The maximum absolute atomic E-state index is 11.0. The van der Waals surface area contributed by atoms with Crippen molar-refractivity contribution in [3.8, 4) is 11.8 Å². The minimum absolute atomic E-state index is 0.171. The second-order valence-corrected chi connectivity index (χ2v) is 3.25. The van der Waals surface area contributed by atoms with E-state index < -0.39 is 5.97 Å². The van der Waals surface area contributed by atoms with E-state index in [1.807, 2.05) is 6.07 Å². The summed E-state index contributed by atoms with van der Waals surface area (Å²) in [5.41, 5.74) is 0.366. The predicted octanol–water partition coefficient (Wildman–Crippen LogP) is 2.15. The Hall–Kier alpha value is -1.73. The van der Waals surface area contributed by atoms with Crippen molar-refractivity contribution in [1.29, 1.82) is 5.26 Å². The van der Waals surface area contributed by atoms with Gasteiger partial charge in [0.2, 0.25) is 0 Å². The maximum atomic E-state index is 11.0. The Kier molecular flexibility index (Phi) is 4.62. The van der Waals surface area contributed by atoms with Gasteiger partial charge in [-0.2, -0.15) is 5.26 Å². The van der Waals surface area contributed by atoms with Crippen LogP contribution in [-0.2, 0) is 9.53 Å². The molecule has 0 saturated carbocycles. The van der Waals surface area contributed by atoms with E-state index in [0.717, 1.165) is 0 Å². The van der Waals surface area contributed by atoms with Crippen LogP contribution < -0.4 is 4.74 Å². The van der Waals surface area contributed by atoms with E-state index in [9.17, 15) is 4.79 Å². The number of carbonyl (C=O) groups excluding carboxylic acids is 1. The number of benzene rings is 1. The van der Waals surface area contributed by atoms with Crippen LogP contribution in [0.25, 0.3) is 0 Å². The number of hydrogen-bond acceptors (Lipinski definition) is 4. The Bertz CT molecular complexity index is 426. The van der Waals surface area contributed by atoms with Gasteiger partial charge in [-0.3, -0.25) is 0 Å². The third-order valence-electron chi connectivity index (χ3n) is 1.72. The zero-order chi connectivity index (χ0) is 12.0. The maximum Gasteiger partial charge on any atom is 0.344 e. The summed E-state index contributed by atoms with van der Waals surface area (Å²) in [6, 6.07) is 6.52. The molecule has 0 aliphatic heterocycles. The summed E-state index contributed by atoms with van der Waals surface area (Å²) < 4.78 is 9.82. The molecular weight excluding hydrogens is 230 g/mol. The van der Waals surface area contributed by atoms with Crippen LogP contribution in [0, 0.1) is 11.3 Å². The van der Waals surface area contributed by atoms with Gasteiger partial charge in [0.05, 0.1) is 17.2 Å². The topological polar surface area (TPSA) is 59.3 Å². The molecule has 1 aromatic carbocycles. The average Bonchev–Trinajstić information content (AvgIpc) is 2.27. The SMILES string of the molecule is CCOC(=O)COc1ccc(C#N)c(Cl)c1. The van der Waals surface area contributed by atoms with Crippen molar-refractivity contribution < 1.29 is 14.3 Å². The lowest BCUT2D eigenvalue weighted by atomic mass is 10.2. The predicted molar refractivity (Wildman–Crippen MR) is 58.3 cm³/mol. The molecule has 0 radical (unpaired) electrons. The van der Waals surface area contributed by atoms with E-state index in [-0.39, 0.29) is 6.61 Å². The fourth-order valence-electron chi connectivity index (χ4n) is 1.02. The van der Waals surface area contributed by atoms with Gasteiger partial charge < -0.3 is 9.47 Å². The van der Waals surface area contributed by atoms with Gasteiger partial charge in [-0.05, 0) is 19.1 Å². The number of halogens is 1. The molecule has 84 valence electrons. The fourth-order valence-corrected chi connectivity index (χ4v) is 1.23. The minimum Gasteiger partial charge on any atom is -0.482 e. The van der Waals surface area contributed by atoms with Gasteiger partial charge in [-0.25, -0.2) is 4.79 Å². The van der Waals surface area contributed by atoms with E-state index in [0.29, 0.717) is 22.9 Å². The molecule has 0 amide bonds. The van der Waals surface area contributed by atoms with Crippen molar-refractivity contribution in [3.63, 3.8) is 0 Å². The quantitative estimate of drug-likeness (QED) is 0.756. The number of hydrogen-bond donors (Lipinski definition) is 0. The lowest BCUT2D eigenvalue weighted by Crippen LogP contribution is -2.14. The highest BCUT2D eigenvalue weighted by Gasteiger charge is 2.05. The highest BCUT2D eigenvalue weighted by atomic mass is 35.5. The highest BCUT2D eigenvalue weighted by molar-refractivity contribution is 6.31. The van der Waals surface area contributed by atoms with Crippen molar-refractivity contribution in [1.82, 2.24) is 0 Å². The number of ether oxygens (including phenoxy) is 2. The highest BCUT2D eigenvalue weighted by Crippen LogP contribution is 2.21. The van der Waals surface area contributed by atoms with Gasteiger partial charge >= 0.3 is 5.97 Å². The third kappa shape index (κ3) is 3.44. The summed E-state index contributed by atoms with van der Waals surface area (Å²) in [4.78, 5) is 11.0. The zero-order valence-electron chi connectivity index (χ0n) is 8.70. The summed E-state index contributed by atoms with van der Waals surface area (Å²) in [6.45, 7) is 1.86. The summed E-state index contributed by atoms with van der Waals surface area (Å²) in [5.74, 6) is -0.0139. The van der Waals surface area contributed by atoms with Crippen LogP contribution in [0.5, 0.6) is 5.75 Å². The van der Waals surface area contributed by atoms with Crippen molar-refractivity contribution in [2.45, 2.75) is 6.92 Å². The molecule has 0 aliphatic carbocycles.